The van der Waals surface area contributed by atoms with Crippen molar-refractivity contribution in [3.63, 3.8) is 0 Å². The summed E-state index contributed by atoms with van der Waals surface area (Å²) >= 11 is 12.9. The molecule has 0 radical (unpaired) electrons. The van der Waals surface area contributed by atoms with Crippen LogP contribution in [0.5, 0.6) is 5.75 Å². The molecule has 4 aromatic carbocycles. The Labute approximate surface area is 392 Å². The topological polar surface area (TPSA) is 158 Å². The second-order valence-corrected chi connectivity index (χ2v) is 19.6. The monoisotopic (exact) mass is 934 g/mol. The van der Waals surface area contributed by atoms with E-state index in [-0.39, 0.29) is 72.5 Å². The Hall–Kier alpha value is -5.98. The number of carbonyl (C=O) groups excluding carboxylic acids is 5. The lowest BCUT2D eigenvalue weighted by Crippen LogP contribution is -2.52. The molecular formula is C50H49Cl2FN6O7. The fourth-order valence-corrected chi connectivity index (χ4v) is 10.7. The Morgan fingerprint density at radius 1 is 1.05 bits per heavy atom. The number of amides is 5. The number of anilines is 2. The molecule has 4 aromatic rings. The van der Waals surface area contributed by atoms with E-state index in [0.717, 1.165) is 16.8 Å². The van der Waals surface area contributed by atoms with Gasteiger partial charge in [-0.1, -0.05) is 74.0 Å². The van der Waals surface area contributed by atoms with Crippen LogP contribution >= 0.6 is 23.2 Å². The van der Waals surface area contributed by atoms with Crippen LogP contribution < -0.4 is 26.0 Å². The van der Waals surface area contributed by atoms with Gasteiger partial charge in [-0.25, -0.2) is 4.39 Å². The second-order valence-electron chi connectivity index (χ2n) is 18.7. The fourth-order valence-electron chi connectivity index (χ4n) is 10.3. The third-order valence-electron chi connectivity index (χ3n) is 13.3. The first-order valence-corrected chi connectivity index (χ1v) is 22.7. The lowest BCUT2D eigenvalue weighted by atomic mass is 9.63. The quantitative estimate of drug-likeness (QED) is 0.118. The van der Waals surface area contributed by atoms with Gasteiger partial charge < -0.3 is 35.2 Å². The number of piperidine rings is 1. The SMILES string of the molecule is COc1cc(C(=O)N2CCO[C@@H](C#Cc3ccc4c(c3)CN(C3CCC(=O)NC3=O)C4=O)C2)ccc1NC(=O)[C@@H]1N[C@@H](CC(C)(C)C)[C@@]2(CNc3cc(Cl)ccc32)[C@H]1c1cccc(Cl)c1F. The minimum atomic E-state index is -0.919. The molecule has 6 atom stereocenters. The van der Waals surface area contributed by atoms with Gasteiger partial charge in [-0.2, -0.15) is 0 Å². The van der Waals surface area contributed by atoms with Gasteiger partial charge in [0.2, 0.25) is 17.7 Å². The van der Waals surface area contributed by atoms with Crippen LogP contribution in [0.15, 0.2) is 72.8 Å². The highest BCUT2D eigenvalue weighted by Gasteiger charge is 2.61. The predicted molar refractivity (Wildman–Crippen MR) is 247 cm³/mol. The molecule has 5 aliphatic heterocycles. The van der Waals surface area contributed by atoms with Crippen molar-refractivity contribution in [2.24, 2.45) is 5.41 Å². The molecule has 0 aliphatic carbocycles. The molecule has 9 rings (SSSR count). The Morgan fingerprint density at radius 3 is 2.64 bits per heavy atom. The highest BCUT2D eigenvalue weighted by Crippen LogP contribution is 2.56. The minimum Gasteiger partial charge on any atom is -0.495 e. The van der Waals surface area contributed by atoms with E-state index in [0.29, 0.717) is 52.5 Å². The Kier molecular flexibility index (Phi) is 12.1. The summed E-state index contributed by atoms with van der Waals surface area (Å²) in [6, 6.07) is 18.7. The van der Waals surface area contributed by atoms with Crippen molar-refractivity contribution in [2.45, 2.75) is 82.1 Å². The van der Waals surface area contributed by atoms with Crippen LogP contribution in [-0.2, 0) is 31.1 Å². The van der Waals surface area contributed by atoms with E-state index in [2.05, 4.69) is 53.9 Å². The van der Waals surface area contributed by atoms with E-state index in [1.54, 1.807) is 47.4 Å². The van der Waals surface area contributed by atoms with Gasteiger partial charge in [0, 0.05) is 70.8 Å². The summed E-state index contributed by atoms with van der Waals surface area (Å²) < 4.78 is 28.0. The molecule has 0 aromatic heterocycles. The van der Waals surface area contributed by atoms with Crippen molar-refractivity contribution in [3.8, 4) is 17.6 Å². The molecule has 0 saturated carbocycles. The van der Waals surface area contributed by atoms with Gasteiger partial charge >= 0.3 is 0 Å². The van der Waals surface area contributed by atoms with Gasteiger partial charge in [0.05, 0.1) is 37.0 Å². The van der Waals surface area contributed by atoms with Crippen molar-refractivity contribution < 1.29 is 37.8 Å². The third-order valence-corrected chi connectivity index (χ3v) is 13.8. The van der Waals surface area contributed by atoms with Crippen LogP contribution in [-0.4, -0.2) is 96.9 Å². The van der Waals surface area contributed by atoms with Crippen LogP contribution in [0.2, 0.25) is 10.0 Å². The number of halogens is 3. The van der Waals surface area contributed by atoms with Gasteiger partial charge in [0.15, 0.2) is 0 Å². The summed E-state index contributed by atoms with van der Waals surface area (Å²) in [5.41, 5.74) is 3.67. The zero-order chi connectivity index (χ0) is 46.7. The van der Waals surface area contributed by atoms with Crippen LogP contribution in [0.4, 0.5) is 15.8 Å². The summed E-state index contributed by atoms with van der Waals surface area (Å²) in [6.45, 7) is 7.83. The number of nitrogens with zero attached hydrogens (tertiary/aromatic N) is 2. The van der Waals surface area contributed by atoms with Crippen molar-refractivity contribution in [1.29, 1.82) is 0 Å². The molecule has 342 valence electrons. The molecular weight excluding hydrogens is 886 g/mol. The second kappa shape index (κ2) is 17.7. The van der Waals surface area contributed by atoms with Crippen molar-refractivity contribution in [1.82, 2.24) is 20.4 Å². The predicted octanol–water partition coefficient (Wildman–Crippen LogP) is 6.66. The van der Waals surface area contributed by atoms with Gasteiger partial charge in [-0.3, -0.25) is 29.3 Å². The standard InChI is InChI=1S/C50H49Cl2FN6O7/c1-49(2,3)23-40-50(26-54-37-22-30(51)11-14-34(37)50)42(33-6-5-7-35(52)43(33)53)44(56-40)46(62)55-36-15-10-28(21-39(36)65-4)47(63)58-18-19-66-31(25-58)12-8-27-9-13-32-29(20-27)24-59(48(32)64)38-16-17-41(60)57-45(38)61/h5-7,9-11,13-15,20-22,31,38,40,42,44,54,56H,16-19,23-26H2,1-4H3,(H,55,62)(H,57,60,61)/t31-,38?,40-,42-,44+,50-/m0/s1. The Bertz CT molecular complexity index is 2750. The lowest BCUT2D eigenvalue weighted by molar-refractivity contribution is -0.137. The van der Waals surface area contributed by atoms with Crippen LogP contribution in [0, 0.1) is 23.1 Å². The van der Waals surface area contributed by atoms with Crippen molar-refractivity contribution in [3.05, 3.63) is 122 Å². The summed E-state index contributed by atoms with van der Waals surface area (Å²) in [5, 5.41) is 13.1. The molecule has 1 unspecified atom stereocenters. The normalized spacial score (nSPS) is 24.6. The Morgan fingerprint density at radius 2 is 1.86 bits per heavy atom. The zero-order valence-electron chi connectivity index (χ0n) is 36.9. The number of rotatable bonds is 7. The highest BCUT2D eigenvalue weighted by molar-refractivity contribution is 6.31. The lowest BCUT2D eigenvalue weighted by Gasteiger charge is -2.39. The van der Waals surface area contributed by atoms with Crippen LogP contribution in [0.1, 0.15) is 88.9 Å². The van der Waals surface area contributed by atoms with E-state index in [1.807, 2.05) is 24.3 Å². The number of fused-ring (bicyclic) bond motifs is 3. The van der Waals surface area contributed by atoms with Crippen LogP contribution in [0.3, 0.4) is 0 Å². The first-order valence-electron chi connectivity index (χ1n) is 22.0. The van der Waals surface area contributed by atoms with Gasteiger partial charge in [-0.15, -0.1) is 0 Å². The molecule has 66 heavy (non-hydrogen) atoms. The molecule has 13 nitrogen and oxygen atoms in total. The first-order chi connectivity index (χ1) is 31.5. The number of hydrogen-bond donors (Lipinski definition) is 4. The molecule has 1 spiro atoms. The zero-order valence-corrected chi connectivity index (χ0v) is 38.4. The van der Waals surface area contributed by atoms with Gasteiger partial charge in [-0.05, 0) is 89.5 Å². The highest BCUT2D eigenvalue weighted by atomic mass is 35.5. The number of nitrogens with one attached hydrogen (secondary N) is 4. The molecule has 4 N–H and O–H groups in total. The molecule has 0 bridgehead atoms. The number of carbonyl (C=O) groups is 5. The van der Waals surface area contributed by atoms with E-state index in [1.165, 1.54) is 18.1 Å². The maximum Gasteiger partial charge on any atom is 0.255 e. The number of hydrogen-bond acceptors (Lipinski definition) is 9. The average Bonchev–Trinajstić information content (AvgIpc) is 3.93. The van der Waals surface area contributed by atoms with Crippen molar-refractivity contribution in [2.75, 3.05) is 44.0 Å². The smallest absolute Gasteiger partial charge is 0.255 e. The average molecular weight is 936 g/mol. The van der Waals surface area contributed by atoms with Crippen LogP contribution in [0.25, 0.3) is 0 Å². The largest absolute Gasteiger partial charge is 0.495 e. The maximum atomic E-state index is 16.3. The Balaban J connectivity index is 0.922. The number of ether oxygens (including phenoxy) is 2. The maximum absolute atomic E-state index is 16.3. The number of morpholine rings is 1. The summed E-state index contributed by atoms with van der Waals surface area (Å²) in [5.74, 6) is 3.45. The van der Waals surface area contributed by atoms with E-state index in [4.69, 9.17) is 32.7 Å². The number of benzene rings is 4. The van der Waals surface area contributed by atoms with Gasteiger partial charge in [0.25, 0.3) is 11.8 Å². The van der Waals surface area contributed by atoms with Gasteiger partial charge in [0.1, 0.15) is 23.7 Å². The summed E-state index contributed by atoms with van der Waals surface area (Å²) in [4.78, 5) is 69.2. The minimum absolute atomic E-state index is 0.0386. The number of methoxy groups -OCH3 is 1. The van der Waals surface area contributed by atoms with E-state index >= 15 is 4.39 Å². The summed E-state index contributed by atoms with van der Waals surface area (Å²) in [7, 11) is 1.46. The van der Waals surface area contributed by atoms with E-state index in [9.17, 15) is 24.0 Å². The first kappa shape index (κ1) is 45.2. The van der Waals surface area contributed by atoms with Crippen molar-refractivity contribution >= 4 is 64.1 Å². The van der Waals surface area contributed by atoms with E-state index < -0.39 is 47.2 Å². The molecule has 5 heterocycles. The third kappa shape index (κ3) is 8.38. The summed E-state index contributed by atoms with van der Waals surface area (Å²) in [6.07, 6.45) is 0.511. The molecule has 3 saturated heterocycles. The molecule has 16 heteroatoms. The number of imide groups is 1. The fraction of sp³-hybridized carbons (Fsp3) is 0.380. The molecule has 3 fully saturated rings. The molecule has 5 amide bonds. The molecule has 5 aliphatic rings.